The van der Waals surface area contributed by atoms with Crippen LogP contribution in [0.1, 0.15) is 0 Å². The Kier molecular flexibility index (Phi) is 3.19. The molecule has 0 amide bonds. The average Bonchev–Trinajstić information content (AvgIpc) is 2.58. The third kappa shape index (κ3) is 2.25. The van der Waals surface area contributed by atoms with E-state index in [1.807, 2.05) is 0 Å². The van der Waals surface area contributed by atoms with Gasteiger partial charge in [0.2, 0.25) is 0 Å². The van der Waals surface area contributed by atoms with Gasteiger partial charge >= 0.3 is 0 Å². The maximum absolute atomic E-state index is 3.60. The van der Waals surface area contributed by atoms with Crippen LogP contribution >= 0.6 is 31.9 Å². The normalized spacial score (nSPS) is 11.8. The van der Waals surface area contributed by atoms with Crippen LogP contribution in [0.15, 0.2) is 81.7 Å². The van der Waals surface area contributed by atoms with E-state index in [0.717, 1.165) is 8.95 Å². The van der Waals surface area contributed by atoms with Gasteiger partial charge in [0.25, 0.3) is 0 Å². The maximum Gasteiger partial charge on any atom is 0.0323 e. The van der Waals surface area contributed by atoms with Gasteiger partial charge in [0.15, 0.2) is 0 Å². The molecule has 5 aromatic carbocycles. The summed E-state index contributed by atoms with van der Waals surface area (Å²) in [4.78, 5) is 0. The van der Waals surface area contributed by atoms with Crippen molar-refractivity contribution in [1.29, 1.82) is 0 Å². The molecule has 2 heteroatoms. The molecule has 114 valence electrons. The lowest BCUT2D eigenvalue weighted by atomic mass is 9.97. The van der Waals surface area contributed by atoms with E-state index in [0.29, 0.717) is 0 Å². The summed E-state index contributed by atoms with van der Waals surface area (Å²) in [6.45, 7) is 0. The van der Waals surface area contributed by atoms with Crippen LogP contribution in [0.25, 0.3) is 43.1 Å². The highest BCUT2D eigenvalue weighted by molar-refractivity contribution is 9.13. The van der Waals surface area contributed by atoms with Crippen LogP contribution in [0, 0.1) is 0 Å². The predicted octanol–water partition coefficient (Wildman–Crippen LogP) is 7.82. The average molecular weight is 436 g/mol. The second-order valence-electron chi connectivity index (χ2n) is 6.21. The SMILES string of the molecule is Brc1cc2cc3cc4cc5ccccc5cc4cc3cc2cc1Br. The van der Waals surface area contributed by atoms with Crippen LogP contribution in [-0.2, 0) is 0 Å². The molecule has 0 nitrogen and oxygen atoms in total. The summed E-state index contributed by atoms with van der Waals surface area (Å²) < 4.78 is 2.17. The van der Waals surface area contributed by atoms with E-state index < -0.39 is 0 Å². The molecule has 0 fully saturated rings. The number of rotatable bonds is 0. The van der Waals surface area contributed by atoms with Crippen LogP contribution < -0.4 is 0 Å². The molecular formula is C22H12Br2. The largest absolute Gasteiger partial charge is 0.0616 e. The van der Waals surface area contributed by atoms with Crippen molar-refractivity contribution in [2.24, 2.45) is 0 Å². The maximum atomic E-state index is 3.60. The highest BCUT2D eigenvalue weighted by atomic mass is 79.9. The van der Waals surface area contributed by atoms with E-state index in [9.17, 15) is 0 Å². The Bertz CT molecular complexity index is 1170. The van der Waals surface area contributed by atoms with Gasteiger partial charge in [-0.05, 0) is 123 Å². The first-order chi connectivity index (χ1) is 11.7. The molecule has 0 radical (unpaired) electrons. The summed E-state index contributed by atoms with van der Waals surface area (Å²) in [5.74, 6) is 0. The van der Waals surface area contributed by atoms with Crippen molar-refractivity contribution in [2.75, 3.05) is 0 Å². The molecule has 0 aliphatic rings. The fraction of sp³-hybridized carbons (Fsp3) is 0. The van der Waals surface area contributed by atoms with Crippen LogP contribution in [-0.4, -0.2) is 0 Å². The summed E-state index contributed by atoms with van der Waals surface area (Å²) in [6.07, 6.45) is 0. The summed E-state index contributed by atoms with van der Waals surface area (Å²) in [5, 5.41) is 10.2. The third-order valence-corrected chi connectivity index (χ3v) is 6.50. The second kappa shape index (κ2) is 5.30. The Morgan fingerprint density at radius 3 is 1.04 bits per heavy atom. The quantitative estimate of drug-likeness (QED) is 0.217. The van der Waals surface area contributed by atoms with Gasteiger partial charge in [0, 0.05) is 8.95 Å². The zero-order valence-corrected chi connectivity index (χ0v) is 15.9. The lowest BCUT2D eigenvalue weighted by molar-refractivity contribution is 1.66. The molecule has 0 bridgehead atoms. The van der Waals surface area contributed by atoms with Gasteiger partial charge < -0.3 is 0 Å². The predicted molar refractivity (Wildman–Crippen MR) is 112 cm³/mol. The minimum atomic E-state index is 1.08. The first kappa shape index (κ1) is 14.4. The summed E-state index contributed by atoms with van der Waals surface area (Å²) >= 11 is 7.20. The Balaban J connectivity index is 1.89. The summed E-state index contributed by atoms with van der Waals surface area (Å²) in [6, 6.07) is 26.6. The van der Waals surface area contributed by atoms with Crippen molar-refractivity contribution in [3.05, 3.63) is 81.7 Å². The highest BCUT2D eigenvalue weighted by Crippen LogP contribution is 2.33. The second-order valence-corrected chi connectivity index (χ2v) is 7.92. The highest BCUT2D eigenvalue weighted by Gasteiger charge is 2.05. The van der Waals surface area contributed by atoms with Gasteiger partial charge in [-0.2, -0.15) is 0 Å². The Labute approximate surface area is 156 Å². The van der Waals surface area contributed by atoms with E-state index in [2.05, 4.69) is 105 Å². The van der Waals surface area contributed by atoms with Gasteiger partial charge in [0.1, 0.15) is 0 Å². The number of benzene rings is 5. The summed E-state index contributed by atoms with van der Waals surface area (Å²) in [7, 11) is 0. The standard InChI is InChI=1S/C22H12Br2/c23-21-11-19-9-17-7-15-5-13-3-1-2-4-14(13)6-16(15)8-18(17)10-20(19)12-22(21)24/h1-12H. The molecule has 0 saturated heterocycles. The van der Waals surface area contributed by atoms with E-state index in [-0.39, 0.29) is 0 Å². The minimum absolute atomic E-state index is 1.08. The van der Waals surface area contributed by atoms with E-state index >= 15 is 0 Å². The lowest BCUT2D eigenvalue weighted by Gasteiger charge is -2.08. The number of halogens is 2. The van der Waals surface area contributed by atoms with Crippen molar-refractivity contribution in [1.82, 2.24) is 0 Å². The zero-order chi connectivity index (χ0) is 16.3. The topological polar surface area (TPSA) is 0 Å². The van der Waals surface area contributed by atoms with Crippen molar-refractivity contribution in [3.63, 3.8) is 0 Å². The summed E-state index contributed by atoms with van der Waals surface area (Å²) in [5.41, 5.74) is 0. The van der Waals surface area contributed by atoms with Crippen molar-refractivity contribution in [2.45, 2.75) is 0 Å². The Morgan fingerprint density at radius 1 is 0.375 bits per heavy atom. The van der Waals surface area contributed by atoms with Crippen molar-refractivity contribution in [3.8, 4) is 0 Å². The fourth-order valence-corrected chi connectivity index (χ4v) is 4.16. The number of hydrogen-bond donors (Lipinski definition) is 0. The Hall–Kier alpha value is -1.90. The molecule has 5 aromatic rings. The van der Waals surface area contributed by atoms with Gasteiger partial charge in [-0.25, -0.2) is 0 Å². The van der Waals surface area contributed by atoms with E-state index in [1.54, 1.807) is 0 Å². The molecule has 0 heterocycles. The van der Waals surface area contributed by atoms with Gasteiger partial charge in [0.05, 0.1) is 0 Å². The molecule has 0 N–H and O–H groups in total. The van der Waals surface area contributed by atoms with Gasteiger partial charge in [-0.1, -0.05) is 24.3 Å². The van der Waals surface area contributed by atoms with Crippen LogP contribution in [0.2, 0.25) is 0 Å². The number of fused-ring (bicyclic) bond motifs is 4. The molecule has 24 heavy (non-hydrogen) atoms. The Morgan fingerprint density at radius 2 is 0.667 bits per heavy atom. The van der Waals surface area contributed by atoms with E-state index in [4.69, 9.17) is 0 Å². The fourth-order valence-electron chi connectivity index (χ4n) is 3.44. The van der Waals surface area contributed by atoms with Gasteiger partial charge in [-0.15, -0.1) is 0 Å². The molecule has 0 spiro atoms. The first-order valence-electron chi connectivity index (χ1n) is 7.82. The molecule has 5 rings (SSSR count). The van der Waals surface area contributed by atoms with Gasteiger partial charge in [-0.3, -0.25) is 0 Å². The molecule has 0 aliphatic carbocycles. The molecule has 0 saturated carbocycles. The van der Waals surface area contributed by atoms with Crippen LogP contribution in [0.3, 0.4) is 0 Å². The molecular weight excluding hydrogens is 424 g/mol. The van der Waals surface area contributed by atoms with Crippen LogP contribution in [0.4, 0.5) is 0 Å². The van der Waals surface area contributed by atoms with Crippen molar-refractivity contribution >= 4 is 74.9 Å². The third-order valence-electron chi connectivity index (χ3n) is 4.65. The monoisotopic (exact) mass is 434 g/mol. The smallest absolute Gasteiger partial charge is 0.0323 e. The number of hydrogen-bond acceptors (Lipinski definition) is 0. The molecule has 0 aromatic heterocycles. The first-order valence-corrected chi connectivity index (χ1v) is 9.41. The van der Waals surface area contributed by atoms with E-state index in [1.165, 1.54) is 43.1 Å². The molecule has 0 unspecified atom stereocenters. The zero-order valence-electron chi connectivity index (χ0n) is 12.7. The van der Waals surface area contributed by atoms with Crippen LogP contribution in [0.5, 0.6) is 0 Å². The molecule has 0 aliphatic heterocycles. The van der Waals surface area contributed by atoms with Crippen molar-refractivity contribution < 1.29 is 0 Å². The lowest BCUT2D eigenvalue weighted by Crippen LogP contribution is -1.81. The molecule has 0 atom stereocenters. The minimum Gasteiger partial charge on any atom is -0.0616 e.